The van der Waals surface area contributed by atoms with Crippen LogP contribution in [0.4, 0.5) is 10.5 Å². The standard InChI is InChI=1S/C26H23N3O3/c30-23(28-16-15-20-11-7-8-14-22(20)28)18-29-24(31)26(27-25(29)32,21-12-5-2-6-13-21)17-19-9-3-1-4-10-19/h1-14H,15-18H2,(H,27,32)/t26-/m0/s1. The number of benzene rings is 3. The van der Waals surface area contributed by atoms with Gasteiger partial charge in [-0.05, 0) is 29.2 Å². The number of hydrogen-bond acceptors (Lipinski definition) is 3. The summed E-state index contributed by atoms with van der Waals surface area (Å²) in [5.74, 6) is -0.666. The third-order valence-electron chi connectivity index (χ3n) is 6.24. The Morgan fingerprint density at radius 2 is 1.53 bits per heavy atom. The zero-order chi connectivity index (χ0) is 22.1. The normalized spacial score (nSPS) is 19.8. The first-order valence-electron chi connectivity index (χ1n) is 10.7. The Morgan fingerprint density at radius 3 is 2.28 bits per heavy atom. The molecular formula is C26H23N3O3. The molecule has 1 fully saturated rings. The summed E-state index contributed by atoms with van der Waals surface area (Å²) in [5, 5.41) is 2.91. The molecule has 1 saturated heterocycles. The van der Waals surface area contributed by atoms with Gasteiger partial charge >= 0.3 is 6.03 Å². The zero-order valence-electron chi connectivity index (χ0n) is 17.5. The lowest BCUT2D eigenvalue weighted by atomic mass is 9.83. The molecule has 0 saturated carbocycles. The van der Waals surface area contributed by atoms with E-state index in [9.17, 15) is 14.4 Å². The highest BCUT2D eigenvalue weighted by atomic mass is 16.2. The van der Waals surface area contributed by atoms with Gasteiger partial charge in [0.05, 0.1) is 0 Å². The number of anilines is 1. The topological polar surface area (TPSA) is 69.7 Å². The molecule has 1 N–H and O–H groups in total. The fraction of sp³-hybridized carbons (Fsp3) is 0.192. The molecule has 32 heavy (non-hydrogen) atoms. The molecule has 1 atom stereocenters. The predicted molar refractivity (Wildman–Crippen MR) is 121 cm³/mol. The summed E-state index contributed by atoms with van der Waals surface area (Å²) in [4.78, 5) is 42.5. The second kappa shape index (κ2) is 7.96. The third-order valence-corrected chi connectivity index (χ3v) is 6.24. The van der Waals surface area contributed by atoms with Gasteiger partial charge < -0.3 is 10.2 Å². The molecule has 160 valence electrons. The summed E-state index contributed by atoms with van der Waals surface area (Å²) in [5.41, 5.74) is 2.32. The first-order valence-corrected chi connectivity index (χ1v) is 10.7. The first-order chi connectivity index (χ1) is 15.6. The number of carbonyl (C=O) groups excluding carboxylic acids is 3. The Kier molecular flexibility index (Phi) is 4.98. The molecule has 0 aliphatic carbocycles. The molecule has 6 nitrogen and oxygen atoms in total. The van der Waals surface area contributed by atoms with Crippen molar-refractivity contribution in [3.63, 3.8) is 0 Å². The Balaban J connectivity index is 1.45. The second-order valence-corrected chi connectivity index (χ2v) is 8.18. The molecule has 3 aromatic carbocycles. The van der Waals surface area contributed by atoms with Gasteiger partial charge in [0.25, 0.3) is 5.91 Å². The average molecular weight is 425 g/mol. The average Bonchev–Trinajstić information content (AvgIpc) is 3.36. The van der Waals surface area contributed by atoms with Gasteiger partial charge in [0.2, 0.25) is 5.91 Å². The van der Waals surface area contributed by atoms with Gasteiger partial charge in [0.1, 0.15) is 6.54 Å². The van der Waals surface area contributed by atoms with E-state index in [-0.39, 0.29) is 12.5 Å². The van der Waals surface area contributed by atoms with Crippen LogP contribution in [0, 0.1) is 0 Å². The van der Waals surface area contributed by atoms with Crippen LogP contribution in [0.2, 0.25) is 0 Å². The lowest BCUT2D eigenvalue weighted by Gasteiger charge is -2.28. The van der Waals surface area contributed by atoms with E-state index in [1.165, 1.54) is 0 Å². The maximum atomic E-state index is 13.7. The van der Waals surface area contributed by atoms with Crippen LogP contribution in [0.3, 0.4) is 0 Å². The number of hydrogen-bond donors (Lipinski definition) is 1. The van der Waals surface area contributed by atoms with E-state index in [1.807, 2.05) is 84.9 Å². The van der Waals surface area contributed by atoms with Gasteiger partial charge in [-0.1, -0.05) is 78.9 Å². The van der Waals surface area contributed by atoms with Gasteiger partial charge in [-0.15, -0.1) is 0 Å². The first kappa shape index (κ1) is 20.0. The number of rotatable bonds is 5. The minimum absolute atomic E-state index is 0.262. The summed E-state index contributed by atoms with van der Waals surface area (Å²) in [7, 11) is 0. The number of imide groups is 1. The molecule has 2 aliphatic rings. The number of carbonyl (C=O) groups is 3. The Labute approximate surface area is 186 Å². The number of para-hydroxylation sites is 1. The summed E-state index contributed by atoms with van der Waals surface area (Å²) in [6.45, 7) is 0.262. The van der Waals surface area contributed by atoms with Crippen LogP contribution in [-0.2, 0) is 28.0 Å². The molecule has 0 bridgehead atoms. The van der Waals surface area contributed by atoms with E-state index in [0.29, 0.717) is 18.5 Å². The van der Waals surface area contributed by atoms with Crippen molar-refractivity contribution in [2.75, 3.05) is 18.0 Å². The molecule has 5 rings (SSSR count). The smallest absolute Gasteiger partial charge is 0.319 e. The summed E-state index contributed by atoms with van der Waals surface area (Å²) < 4.78 is 0. The molecule has 0 aromatic heterocycles. The van der Waals surface area contributed by atoms with Crippen molar-refractivity contribution in [2.45, 2.75) is 18.4 Å². The van der Waals surface area contributed by atoms with Crippen LogP contribution in [0.1, 0.15) is 16.7 Å². The van der Waals surface area contributed by atoms with Gasteiger partial charge in [-0.25, -0.2) is 4.79 Å². The summed E-state index contributed by atoms with van der Waals surface area (Å²) in [6.07, 6.45) is 1.07. The molecule has 3 aromatic rings. The predicted octanol–water partition coefficient (Wildman–Crippen LogP) is 3.27. The van der Waals surface area contributed by atoms with E-state index in [4.69, 9.17) is 0 Å². The molecule has 0 unspecified atom stereocenters. The van der Waals surface area contributed by atoms with E-state index >= 15 is 0 Å². The molecular weight excluding hydrogens is 402 g/mol. The van der Waals surface area contributed by atoms with Gasteiger partial charge in [0, 0.05) is 18.7 Å². The Bertz CT molecular complexity index is 1180. The quantitative estimate of drug-likeness (QED) is 0.638. The number of nitrogens with one attached hydrogen (secondary N) is 1. The van der Waals surface area contributed by atoms with Crippen LogP contribution in [0.25, 0.3) is 0 Å². The number of nitrogens with zero attached hydrogens (tertiary/aromatic N) is 2. The number of fused-ring (bicyclic) bond motifs is 1. The van der Waals surface area contributed by atoms with Crippen molar-refractivity contribution in [3.8, 4) is 0 Å². The van der Waals surface area contributed by atoms with Gasteiger partial charge in [0.15, 0.2) is 5.54 Å². The fourth-order valence-electron chi connectivity index (χ4n) is 4.63. The van der Waals surface area contributed by atoms with Crippen molar-refractivity contribution in [1.82, 2.24) is 10.2 Å². The highest BCUT2D eigenvalue weighted by Crippen LogP contribution is 2.34. The molecule has 4 amide bonds. The van der Waals surface area contributed by atoms with Crippen LogP contribution in [-0.4, -0.2) is 35.8 Å². The van der Waals surface area contributed by atoms with Crippen molar-refractivity contribution >= 4 is 23.5 Å². The monoisotopic (exact) mass is 425 g/mol. The lowest BCUT2D eigenvalue weighted by Crippen LogP contribution is -2.47. The highest BCUT2D eigenvalue weighted by molar-refractivity contribution is 6.11. The largest absolute Gasteiger partial charge is 0.325 e. The van der Waals surface area contributed by atoms with Crippen molar-refractivity contribution in [3.05, 3.63) is 102 Å². The molecule has 0 spiro atoms. The number of amides is 4. The minimum atomic E-state index is -1.25. The van der Waals surface area contributed by atoms with Gasteiger partial charge in [-0.2, -0.15) is 0 Å². The van der Waals surface area contributed by atoms with E-state index in [2.05, 4.69) is 5.32 Å². The second-order valence-electron chi connectivity index (χ2n) is 8.18. The van der Waals surface area contributed by atoms with Crippen molar-refractivity contribution < 1.29 is 14.4 Å². The van der Waals surface area contributed by atoms with E-state index < -0.39 is 17.5 Å². The fourth-order valence-corrected chi connectivity index (χ4v) is 4.63. The van der Waals surface area contributed by atoms with Crippen LogP contribution < -0.4 is 10.2 Å². The summed E-state index contributed by atoms with van der Waals surface area (Å²) >= 11 is 0. The van der Waals surface area contributed by atoms with E-state index in [1.54, 1.807) is 4.90 Å². The van der Waals surface area contributed by atoms with Crippen LogP contribution >= 0.6 is 0 Å². The lowest BCUT2D eigenvalue weighted by molar-refractivity contribution is -0.134. The third kappa shape index (κ3) is 3.34. The van der Waals surface area contributed by atoms with Gasteiger partial charge in [-0.3, -0.25) is 14.5 Å². The molecule has 6 heteroatoms. The SMILES string of the molecule is O=C1N[C@@](Cc2ccccc2)(c2ccccc2)C(=O)N1CC(=O)N1CCc2ccccc21. The van der Waals surface area contributed by atoms with E-state index in [0.717, 1.165) is 28.1 Å². The summed E-state index contributed by atoms with van der Waals surface area (Å²) in [6, 6.07) is 26.0. The van der Waals surface area contributed by atoms with Crippen LogP contribution in [0.15, 0.2) is 84.9 Å². The highest BCUT2D eigenvalue weighted by Gasteiger charge is 2.53. The zero-order valence-corrected chi connectivity index (χ0v) is 17.5. The van der Waals surface area contributed by atoms with Crippen molar-refractivity contribution in [1.29, 1.82) is 0 Å². The minimum Gasteiger partial charge on any atom is -0.319 e. The van der Waals surface area contributed by atoms with Crippen LogP contribution in [0.5, 0.6) is 0 Å². The Morgan fingerprint density at radius 1 is 0.875 bits per heavy atom. The molecule has 0 radical (unpaired) electrons. The molecule has 2 heterocycles. The maximum Gasteiger partial charge on any atom is 0.325 e. The van der Waals surface area contributed by atoms with Crippen molar-refractivity contribution in [2.24, 2.45) is 0 Å². The number of urea groups is 1. The Hall–Kier alpha value is -3.93. The maximum absolute atomic E-state index is 13.7. The molecule has 2 aliphatic heterocycles.